The molecule has 0 amide bonds. The highest BCUT2D eigenvalue weighted by Crippen LogP contribution is 2.24. The van der Waals surface area contributed by atoms with Gasteiger partial charge in [0.1, 0.15) is 10.7 Å². The number of nitrogens with zero attached hydrogens (tertiary/aromatic N) is 1. The Kier molecular flexibility index (Phi) is 6.01. The standard InChI is InChI=1S/C12H19N3O2S3/c1-2-13-12-11(4-3-5-14-12)20(16,17)15-8-10-9-18-6-7-19-10/h3-5,10,15H,2,6-9H2,1H3,(H,13,14). The summed E-state index contributed by atoms with van der Waals surface area (Å²) in [6, 6.07) is 3.22. The van der Waals surface area contributed by atoms with E-state index in [1.807, 2.05) is 30.4 Å². The second-order valence-electron chi connectivity index (χ2n) is 4.30. The molecule has 2 rings (SSSR count). The lowest BCUT2D eigenvalue weighted by molar-refractivity contribution is 0.581. The van der Waals surface area contributed by atoms with Crippen LogP contribution in [0.1, 0.15) is 6.92 Å². The molecule has 1 unspecified atom stereocenters. The van der Waals surface area contributed by atoms with Gasteiger partial charge in [0.15, 0.2) is 0 Å². The molecule has 0 aromatic carbocycles. The van der Waals surface area contributed by atoms with Crippen LogP contribution in [0, 0.1) is 0 Å². The topological polar surface area (TPSA) is 71.1 Å². The van der Waals surface area contributed by atoms with Gasteiger partial charge >= 0.3 is 0 Å². The van der Waals surface area contributed by atoms with Crippen molar-refractivity contribution < 1.29 is 8.42 Å². The molecule has 1 aliphatic rings. The molecule has 2 heterocycles. The highest BCUT2D eigenvalue weighted by Gasteiger charge is 2.22. The van der Waals surface area contributed by atoms with Gasteiger partial charge in [-0.15, -0.1) is 0 Å². The minimum Gasteiger partial charge on any atom is -0.369 e. The van der Waals surface area contributed by atoms with Crippen LogP contribution < -0.4 is 10.0 Å². The van der Waals surface area contributed by atoms with Gasteiger partial charge in [0, 0.05) is 41.8 Å². The molecule has 1 atom stereocenters. The van der Waals surface area contributed by atoms with Gasteiger partial charge in [0.2, 0.25) is 10.0 Å². The first-order chi connectivity index (χ1) is 9.63. The molecular weight excluding hydrogens is 314 g/mol. The summed E-state index contributed by atoms with van der Waals surface area (Å²) in [5, 5.41) is 3.33. The van der Waals surface area contributed by atoms with E-state index in [9.17, 15) is 8.42 Å². The monoisotopic (exact) mass is 333 g/mol. The van der Waals surface area contributed by atoms with E-state index in [2.05, 4.69) is 15.0 Å². The Labute approximate surface area is 128 Å². The molecule has 1 aliphatic heterocycles. The van der Waals surface area contributed by atoms with Crippen LogP contribution in [0.3, 0.4) is 0 Å². The summed E-state index contributed by atoms with van der Waals surface area (Å²) in [7, 11) is -3.51. The SMILES string of the molecule is CCNc1ncccc1S(=O)(=O)NCC1CSCCS1. The quantitative estimate of drug-likeness (QED) is 0.825. The highest BCUT2D eigenvalue weighted by atomic mass is 32.2. The molecule has 0 radical (unpaired) electrons. The summed E-state index contributed by atoms with van der Waals surface area (Å²) in [6.07, 6.45) is 1.59. The summed E-state index contributed by atoms with van der Waals surface area (Å²) in [5.41, 5.74) is 0. The van der Waals surface area contributed by atoms with E-state index in [1.165, 1.54) is 0 Å². The van der Waals surface area contributed by atoms with E-state index in [-0.39, 0.29) is 4.90 Å². The fourth-order valence-electron chi connectivity index (χ4n) is 1.84. The molecule has 8 heteroatoms. The largest absolute Gasteiger partial charge is 0.369 e. The zero-order valence-corrected chi connectivity index (χ0v) is 13.8. The summed E-state index contributed by atoms with van der Waals surface area (Å²) in [5.74, 6) is 3.65. The number of hydrogen-bond donors (Lipinski definition) is 2. The van der Waals surface area contributed by atoms with Gasteiger partial charge < -0.3 is 5.32 Å². The zero-order valence-electron chi connectivity index (χ0n) is 11.3. The highest BCUT2D eigenvalue weighted by molar-refractivity contribution is 8.06. The van der Waals surface area contributed by atoms with Crippen LogP contribution in [0.2, 0.25) is 0 Å². The lowest BCUT2D eigenvalue weighted by Gasteiger charge is -2.21. The third kappa shape index (κ3) is 4.28. The minimum absolute atomic E-state index is 0.218. The predicted molar refractivity (Wildman–Crippen MR) is 87.2 cm³/mol. The van der Waals surface area contributed by atoms with E-state index in [4.69, 9.17) is 0 Å². The Morgan fingerprint density at radius 2 is 2.30 bits per heavy atom. The van der Waals surface area contributed by atoms with Crippen molar-refractivity contribution in [2.24, 2.45) is 0 Å². The third-order valence-electron chi connectivity index (χ3n) is 2.79. The molecule has 5 nitrogen and oxygen atoms in total. The maximum atomic E-state index is 12.4. The van der Waals surface area contributed by atoms with Gasteiger partial charge in [-0.2, -0.15) is 23.5 Å². The summed E-state index contributed by atoms with van der Waals surface area (Å²) < 4.78 is 27.4. The van der Waals surface area contributed by atoms with Crippen LogP contribution >= 0.6 is 23.5 Å². The van der Waals surface area contributed by atoms with Crippen molar-refractivity contribution in [2.45, 2.75) is 17.1 Å². The Bertz CT molecular complexity index is 531. The molecule has 0 bridgehead atoms. The Hall–Kier alpha value is -0.440. The fraction of sp³-hybridized carbons (Fsp3) is 0.583. The van der Waals surface area contributed by atoms with Gasteiger partial charge in [0.05, 0.1) is 0 Å². The number of rotatable bonds is 6. The first-order valence-corrected chi connectivity index (χ1v) is 10.2. The van der Waals surface area contributed by atoms with Gasteiger partial charge in [-0.05, 0) is 19.1 Å². The lowest BCUT2D eigenvalue weighted by atomic mass is 10.4. The van der Waals surface area contributed by atoms with Crippen molar-refractivity contribution in [1.29, 1.82) is 0 Å². The van der Waals surface area contributed by atoms with Gasteiger partial charge in [-0.1, -0.05) is 0 Å². The van der Waals surface area contributed by atoms with Crippen LogP contribution in [0.25, 0.3) is 0 Å². The van der Waals surface area contributed by atoms with Crippen LogP contribution in [0.15, 0.2) is 23.2 Å². The number of aromatic nitrogens is 1. The normalized spacial score (nSPS) is 19.8. The summed E-state index contributed by atoms with van der Waals surface area (Å²) in [6.45, 7) is 3.02. The third-order valence-corrected chi connectivity index (χ3v) is 7.09. The number of thioether (sulfide) groups is 2. The van der Waals surface area contributed by atoms with Gasteiger partial charge in [-0.25, -0.2) is 18.1 Å². The van der Waals surface area contributed by atoms with Gasteiger partial charge in [-0.3, -0.25) is 0 Å². The van der Waals surface area contributed by atoms with E-state index in [0.717, 1.165) is 17.3 Å². The maximum absolute atomic E-state index is 12.4. The Morgan fingerprint density at radius 3 is 3.00 bits per heavy atom. The average Bonchev–Trinajstić information content (AvgIpc) is 2.47. The lowest BCUT2D eigenvalue weighted by Crippen LogP contribution is -2.33. The molecule has 1 fully saturated rings. The van der Waals surface area contributed by atoms with E-state index >= 15 is 0 Å². The zero-order chi connectivity index (χ0) is 14.4. The first-order valence-electron chi connectivity index (χ1n) is 6.51. The van der Waals surface area contributed by atoms with Crippen molar-refractivity contribution in [3.05, 3.63) is 18.3 Å². The van der Waals surface area contributed by atoms with E-state index in [0.29, 0.717) is 24.2 Å². The van der Waals surface area contributed by atoms with Crippen molar-refractivity contribution in [2.75, 3.05) is 35.7 Å². The number of anilines is 1. The van der Waals surface area contributed by atoms with Crippen molar-refractivity contribution in [3.8, 4) is 0 Å². The van der Waals surface area contributed by atoms with Gasteiger partial charge in [0.25, 0.3) is 0 Å². The van der Waals surface area contributed by atoms with Crippen LogP contribution in [-0.4, -0.2) is 49.0 Å². The maximum Gasteiger partial charge on any atom is 0.244 e. The predicted octanol–water partition coefficient (Wildman–Crippen LogP) is 1.64. The summed E-state index contributed by atoms with van der Waals surface area (Å²) >= 11 is 3.71. The number of pyridine rings is 1. The second kappa shape index (κ2) is 7.53. The van der Waals surface area contributed by atoms with Crippen LogP contribution in [0.5, 0.6) is 0 Å². The number of hydrogen-bond acceptors (Lipinski definition) is 6. The average molecular weight is 334 g/mol. The number of sulfonamides is 1. The van der Waals surface area contributed by atoms with E-state index in [1.54, 1.807) is 18.3 Å². The molecule has 1 saturated heterocycles. The molecule has 0 aliphatic carbocycles. The summed E-state index contributed by atoms with van der Waals surface area (Å²) in [4.78, 5) is 4.31. The second-order valence-corrected chi connectivity index (χ2v) is 8.59. The molecule has 0 saturated carbocycles. The molecule has 20 heavy (non-hydrogen) atoms. The van der Waals surface area contributed by atoms with E-state index < -0.39 is 10.0 Å². The fourth-order valence-corrected chi connectivity index (χ4v) is 5.77. The molecule has 2 N–H and O–H groups in total. The van der Waals surface area contributed by atoms with Crippen molar-refractivity contribution in [3.63, 3.8) is 0 Å². The minimum atomic E-state index is -3.51. The van der Waals surface area contributed by atoms with Crippen molar-refractivity contribution >= 4 is 39.4 Å². The first kappa shape index (κ1) is 15.9. The smallest absolute Gasteiger partial charge is 0.244 e. The molecule has 1 aromatic rings. The molecule has 112 valence electrons. The van der Waals surface area contributed by atoms with Crippen molar-refractivity contribution in [1.82, 2.24) is 9.71 Å². The van der Waals surface area contributed by atoms with Crippen LogP contribution in [-0.2, 0) is 10.0 Å². The molecular formula is C12H19N3O2S3. The molecule has 0 spiro atoms. The Morgan fingerprint density at radius 1 is 1.45 bits per heavy atom. The van der Waals surface area contributed by atoms with Crippen LogP contribution in [0.4, 0.5) is 5.82 Å². The Balaban J connectivity index is 2.05. The number of nitrogens with one attached hydrogen (secondary N) is 2. The molecule has 1 aromatic heterocycles.